The number of allylic oxidation sites excluding steroid dienone is 1. The van der Waals surface area contributed by atoms with Crippen LogP contribution in [0.1, 0.15) is 37.1 Å². The Kier molecular flexibility index (Phi) is 5.52. The molecule has 3 aliphatic rings. The molecule has 30 heavy (non-hydrogen) atoms. The second kappa shape index (κ2) is 7.85. The van der Waals surface area contributed by atoms with Crippen molar-refractivity contribution >= 4 is 12.0 Å². The minimum atomic E-state index is -4.50. The Morgan fingerprint density at radius 1 is 1.33 bits per heavy atom. The maximum absolute atomic E-state index is 12.9. The van der Waals surface area contributed by atoms with Crippen LogP contribution in [0.3, 0.4) is 0 Å². The number of likely N-dealkylation sites (tertiary alicyclic amines) is 1. The Balaban J connectivity index is 1.69. The molecule has 2 N–H and O–H groups in total. The Hall–Kier alpha value is -2.13. The van der Waals surface area contributed by atoms with Crippen LogP contribution in [0.15, 0.2) is 23.0 Å². The molecular formula is C21H26F3N3O3. The third-order valence-corrected chi connectivity index (χ3v) is 6.46. The van der Waals surface area contributed by atoms with Gasteiger partial charge >= 0.3 is 6.18 Å². The monoisotopic (exact) mass is 425 g/mol. The summed E-state index contributed by atoms with van der Waals surface area (Å²) >= 11 is 0. The van der Waals surface area contributed by atoms with Crippen LogP contribution < -0.4 is 10.9 Å². The van der Waals surface area contributed by atoms with Crippen molar-refractivity contribution in [3.63, 3.8) is 0 Å². The molecule has 1 amide bonds. The first-order valence-electron chi connectivity index (χ1n) is 10.3. The number of alkyl halides is 3. The molecule has 4 rings (SSSR count). The van der Waals surface area contributed by atoms with E-state index in [-0.39, 0.29) is 24.1 Å². The molecule has 3 heterocycles. The molecule has 4 atom stereocenters. The summed E-state index contributed by atoms with van der Waals surface area (Å²) in [5, 5.41) is 12.1. The molecular weight excluding hydrogens is 399 g/mol. The number of aliphatic hydroxyl groups excluding tert-OH is 1. The van der Waals surface area contributed by atoms with Crippen molar-refractivity contribution < 1.29 is 23.1 Å². The number of carbonyl (C=O) groups is 1. The minimum Gasteiger partial charge on any atom is -0.396 e. The molecule has 164 valence electrons. The van der Waals surface area contributed by atoms with E-state index in [1.165, 1.54) is 0 Å². The molecule has 0 spiro atoms. The van der Waals surface area contributed by atoms with Crippen molar-refractivity contribution in [2.75, 3.05) is 19.7 Å². The number of nitrogens with one attached hydrogen (secondary N) is 1. The number of halogens is 3. The van der Waals surface area contributed by atoms with E-state index in [2.05, 4.69) is 0 Å². The standard InChI is InChI=1S/C21H26F3N3O3/c1-2-3-13-6-7-16-17-14(9-26(16)20(13)30)15(10-28)18(27(17)8-12-4-5-12)19(29)25-11-21(22,23)24/h2-3,6-7,12,14-15,17-18,28H,4-5,8-11H2,1H3,(H,25,29)/b3-2-/t14-,15-,17+,18-/m0/s1. The van der Waals surface area contributed by atoms with E-state index in [0.717, 1.165) is 18.5 Å². The molecule has 0 bridgehead atoms. The van der Waals surface area contributed by atoms with Crippen molar-refractivity contribution in [3.05, 3.63) is 39.8 Å². The second-order valence-corrected chi connectivity index (χ2v) is 8.50. The van der Waals surface area contributed by atoms with E-state index >= 15 is 0 Å². The van der Waals surface area contributed by atoms with Gasteiger partial charge < -0.3 is 15.0 Å². The lowest BCUT2D eigenvalue weighted by Crippen LogP contribution is -2.50. The summed E-state index contributed by atoms with van der Waals surface area (Å²) in [5.74, 6) is -1.06. The van der Waals surface area contributed by atoms with Gasteiger partial charge in [-0.05, 0) is 37.8 Å². The van der Waals surface area contributed by atoms with Gasteiger partial charge in [-0.2, -0.15) is 13.2 Å². The first-order valence-corrected chi connectivity index (χ1v) is 10.3. The quantitative estimate of drug-likeness (QED) is 0.731. The topological polar surface area (TPSA) is 74.6 Å². The van der Waals surface area contributed by atoms with Gasteiger partial charge in [0.05, 0.1) is 12.1 Å². The number of hydrogen-bond acceptors (Lipinski definition) is 4. The third kappa shape index (κ3) is 3.80. The van der Waals surface area contributed by atoms with Crippen LogP contribution in [0.2, 0.25) is 0 Å². The van der Waals surface area contributed by atoms with Crippen LogP contribution in [0.4, 0.5) is 13.2 Å². The lowest BCUT2D eigenvalue weighted by atomic mass is 9.88. The van der Waals surface area contributed by atoms with Crippen LogP contribution in [-0.4, -0.2) is 52.4 Å². The Morgan fingerprint density at radius 2 is 2.07 bits per heavy atom. The molecule has 1 saturated carbocycles. The molecule has 9 heteroatoms. The highest BCUT2D eigenvalue weighted by Gasteiger charge is 2.56. The first-order chi connectivity index (χ1) is 14.2. The highest BCUT2D eigenvalue weighted by molar-refractivity contribution is 5.83. The molecule has 2 aliphatic heterocycles. The van der Waals surface area contributed by atoms with E-state index in [4.69, 9.17) is 0 Å². The second-order valence-electron chi connectivity index (χ2n) is 8.50. The van der Waals surface area contributed by atoms with Crippen LogP contribution in [0, 0.1) is 17.8 Å². The molecule has 1 aromatic rings. The average molecular weight is 425 g/mol. The van der Waals surface area contributed by atoms with Crippen molar-refractivity contribution in [1.29, 1.82) is 0 Å². The molecule has 2 fully saturated rings. The largest absolute Gasteiger partial charge is 0.405 e. The molecule has 1 aliphatic carbocycles. The predicted octanol–water partition coefficient (Wildman–Crippen LogP) is 1.93. The van der Waals surface area contributed by atoms with Crippen molar-refractivity contribution in [1.82, 2.24) is 14.8 Å². The number of carbonyl (C=O) groups excluding carboxylic acids is 1. The molecule has 6 nitrogen and oxygen atoms in total. The summed E-state index contributed by atoms with van der Waals surface area (Å²) in [6.45, 7) is 1.04. The van der Waals surface area contributed by atoms with Gasteiger partial charge in [-0.1, -0.05) is 12.2 Å². The summed E-state index contributed by atoms with van der Waals surface area (Å²) in [4.78, 5) is 27.6. The Bertz CT molecular complexity index is 907. The smallest absolute Gasteiger partial charge is 0.396 e. The summed E-state index contributed by atoms with van der Waals surface area (Å²) in [7, 11) is 0. The molecule has 0 radical (unpaired) electrons. The summed E-state index contributed by atoms with van der Waals surface area (Å²) in [6.07, 6.45) is 1.06. The third-order valence-electron chi connectivity index (χ3n) is 6.46. The summed E-state index contributed by atoms with van der Waals surface area (Å²) in [5.41, 5.74) is 1.21. The fourth-order valence-corrected chi connectivity index (χ4v) is 5.03. The predicted molar refractivity (Wildman–Crippen MR) is 104 cm³/mol. The van der Waals surface area contributed by atoms with Crippen molar-refractivity contribution in [3.8, 4) is 0 Å². The van der Waals surface area contributed by atoms with Crippen molar-refractivity contribution in [2.24, 2.45) is 17.8 Å². The van der Waals surface area contributed by atoms with E-state index < -0.39 is 30.6 Å². The normalized spacial score (nSPS) is 28.7. The molecule has 1 aromatic heterocycles. The van der Waals surface area contributed by atoms with Crippen molar-refractivity contribution in [2.45, 2.75) is 44.6 Å². The Morgan fingerprint density at radius 3 is 2.67 bits per heavy atom. The van der Waals surface area contributed by atoms with E-state index in [9.17, 15) is 27.9 Å². The SMILES string of the molecule is C/C=C\c1ccc2n(c1=O)C[C@H]1[C@H](CO)[C@@H](C(=O)NCC(F)(F)F)N(CC3CC3)[C@@H]21. The maximum Gasteiger partial charge on any atom is 0.405 e. The summed E-state index contributed by atoms with van der Waals surface area (Å²) < 4.78 is 39.6. The fraction of sp³-hybridized carbons (Fsp3) is 0.619. The fourth-order valence-electron chi connectivity index (χ4n) is 5.03. The first kappa shape index (κ1) is 21.1. The zero-order chi connectivity index (χ0) is 21.6. The van der Waals surface area contributed by atoms with Gasteiger partial charge in [-0.25, -0.2) is 0 Å². The lowest BCUT2D eigenvalue weighted by Gasteiger charge is -2.31. The number of aromatic nitrogens is 1. The highest BCUT2D eigenvalue weighted by atomic mass is 19.4. The number of rotatable bonds is 6. The zero-order valence-corrected chi connectivity index (χ0v) is 16.7. The molecule has 0 aromatic carbocycles. The van der Waals surface area contributed by atoms with Gasteiger partial charge in [0.25, 0.3) is 5.56 Å². The van der Waals surface area contributed by atoms with Gasteiger partial charge in [0.2, 0.25) is 5.91 Å². The molecule has 1 saturated heterocycles. The van der Waals surface area contributed by atoms with Gasteiger partial charge in [0.15, 0.2) is 0 Å². The summed E-state index contributed by atoms with van der Waals surface area (Å²) in [6, 6.07) is 2.51. The minimum absolute atomic E-state index is 0.124. The van der Waals surface area contributed by atoms with Gasteiger partial charge in [0.1, 0.15) is 6.54 Å². The van der Waals surface area contributed by atoms with Gasteiger partial charge in [0, 0.05) is 42.8 Å². The van der Waals surface area contributed by atoms with Crippen LogP contribution in [0.25, 0.3) is 6.08 Å². The van der Waals surface area contributed by atoms with Crippen LogP contribution in [-0.2, 0) is 11.3 Å². The number of fused-ring (bicyclic) bond motifs is 3. The van der Waals surface area contributed by atoms with Gasteiger partial charge in [-0.15, -0.1) is 0 Å². The van der Waals surface area contributed by atoms with E-state index in [0.29, 0.717) is 24.6 Å². The average Bonchev–Trinajstić information content (AvgIpc) is 3.34. The number of hydrogen-bond donors (Lipinski definition) is 2. The molecule has 0 unspecified atom stereocenters. The number of pyridine rings is 1. The van der Waals surface area contributed by atoms with E-state index in [1.54, 1.807) is 22.8 Å². The number of aliphatic hydroxyl groups is 1. The van der Waals surface area contributed by atoms with Crippen LogP contribution >= 0.6 is 0 Å². The van der Waals surface area contributed by atoms with Crippen LogP contribution in [0.5, 0.6) is 0 Å². The highest BCUT2D eigenvalue weighted by Crippen LogP contribution is 2.50. The zero-order valence-electron chi connectivity index (χ0n) is 16.7. The maximum atomic E-state index is 12.9. The van der Waals surface area contributed by atoms with E-state index in [1.807, 2.05) is 23.2 Å². The lowest BCUT2D eigenvalue weighted by molar-refractivity contribution is -0.142. The Labute approximate surface area is 172 Å². The van der Waals surface area contributed by atoms with Gasteiger partial charge in [-0.3, -0.25) is 14.5 Å². The number of nitrogens with zero attached hydrogens (tertiary/aromatic N) is 2. The number of amides is 1.